The topological polar surface area (TPSA) is 48.9 Å². The summed E-state index contributed by atoms with van der Waals surface area (Å²) in [6.07, 6.45) is 24.5. The largest absolute Gasteiger partial charge is 0.387 e. The van der Waals surface area contributed by atoms with Crippen LogP contribution in [0.2, 0.25) is 0 Å². The van der Waals surface area contributed by atoms with E-state index in [2.05, 4.69) is 16.9 Å². The first-order chi connectivity index (χ1) is 11.8. The lowest BCUT2D eigenvalue weighted by atomic mass is 10.0. The van der Waals surface area contributed by atoms with Crippen LogP contribution in [0.3, 0.4) is 0 Å². The molecule has 1 heterocycles. The molecule has 0 spiro atoms. The molecule has 1 atom stereocenters. The van der Waals surface area contributed by atoms with Crippen LogP contribution in [0.4, 0.5) is 0 Å². The third kappa shape index (κ3) is 11.7. The Labute approximate surface area is 149 Å². The molecule has 1 aromatic rings. The van der Waals surface area contributed by atoms with Crippen LogP contribution in [-0.4, -0.2) is 15.1 Å². The van der Waals surface area contributed by atoms with E-state index >= 15 is 0 Å². The quantitative estimate of drug-likeness (QED) is 0.311. The van der Waals surface area contributed by atoms with Gasteiger partial charge in [-0.1, -0.05) is 103 Å². The number of hydrogen-bond donors (Lipinski definition) is 2. The van der Waals surface area contributed by atoms with Crippen molar-refractivity contribution < 1.29 is 5.11 Å². The highest BCUT2D eigenvalue weighted by atomic mass is 16.3. The van der Waals surface area contributed by atoms with Crippen LogP contribution in [-0.2, 0) is 0 Å². The number of nitrogens with one attached hydrogen (secondary N) is 1. The summed E-state index contributed by atoms with van der Waals surface area (Å²) in [5, 5.41) is 9.94. The third-order valence-electron chi connectivity index (χ3n) is 4.96. The lowest BCUT2D eigenvalue weighted by Gasteiger charge is -2.08. The average molecular weight is 337 g/mol. The van der Waals surface area contributed by atoms with E-state index in [1.165, 1.54) is 89.9 Å². The smallest absolute Gasteiger partial charge is 0.0953 e. The van der Waals surface area contributed by atoms with Crippen LogP contribution in [0.25, 0.3) is 0 Å². The van der Waals surface area contributed by atoms with Crippen molar-refractivity contribution >= 4 is 0 Å². The Balaban J connectivity index is 1.73. The Morgan fingerprint density at radius 2 is 1.25 bits per heavy atom. The van der Waals surface area contributed by atoms with E-state index in [-0.39, 0.29) is 6.10 Å². The molecular formula is C21H40N2O. The van der Waals surface area contributed by atoms with Gasteiger partial charge in [0.25, 0.3) is 0 Å². The van der Waals surface area contributed by atoms with E-state index < -0.39 is 0 Å². The molecule has 24 heavy (non-hydrogen) atoms. The molecule has 0 fully saturated rings. The van der Waals surface area contributed by atoms with Crippen molar-refractivity contribution in [3.63, 3.8) is 0 Å². The molecule has 0 saturated heterocycles. The number of hydrogen-bond acceptors (Lipinski definition) is 2. The van der Waals surface area contributed by atoms with Gasteiger partial charge in [0.05, 0.1) is 24.3 Å². The molecule has 3 heteroatoms. The number of unbranched alkanes of at least 4 members (excludes halogenated alkanes) is 14. The van der Waals surface area contributed by atoms with E-state index in [9.17, 15) is 5.11 Å². The molecule has 2 N–H and O–H groups in total. The average Bonchev–Trinajstić information content (AvgIpc) is 3.13. The molecule has 1 aromatic heterocycles. The third-order valence-corrected chi connectivity index (χ3v) is 4.96. The fraction of sp³-hybridized carbons (Fsp3) is 0.857. The van der Waals surface area contributed by atoms with Crippen molar-refractivity contribution in [1.82, 2.24) is 9.97 Å². The van der Waals surface area contributed by atoms with Crippen molar-refractivity contribution in [2.24, 2.45) is 0 Å². The maximum Gasteiger partial charge on any atom is 0.0953 e. The van der Waals surface area contributed by atoms with E-state index in [4.69, 9.17) is 0 Å². The molecule has 1 rings (SSSR count). The normalized spacial score (nSPS) is 12.6. The van der Waals surface area contributed by atoms with Gasteiger partial charge in [-0.2, -0.15) is 0 Å². The fourth-order valence-corrected chi connectivity index (χ4v) is 3.31. The molecule has 0 saturated carbocycles. The molecule has 0 amide bonds. The number of rotatable bonds is 17. The number of H-pyrrole nitrogens is 1. The molecule has 140 valence electrons. The summed E-state index contributed by atoms with van der Waals surface area (Å²) < 4.78 is 0. The predicted octanol–water partition coefficient (Wildman–Crippen LogP) is 6.70. The maximum atomic E-state index is 9.94. The van der Waals surface area contributed by atoms with Gasteiger partial charge in [-0.3, -0.25) is 0 Å². The number of imidazole rings is 1. The number of aromatic nitrogens is 2. The summed E-state index contributed by atoms with van der Waals surface area (Å²) >= 11 is 0. The molecule has 3 nitrogen and oxygen atoms in total. The molecule has 0 aliphatic heterocycles. The Bertz CT molecular complexity index is 351. The van der Waals surface area contributed by atoms with Crippen LogP contribution >= 0.6 is 0 Å². The Morgan fingerprint density at radius 3 is 1.67 bits per heavy atom. The van der Waals surface area contributed by atoms with Crippen LogP contribution < -0.4 is 0 Å². The van der Waals surface area contributed by atoms with Gasteiger partial charge in [0.15, 0.2) is 0 Å². The Hall–Kier alpha value is -0.830. The second-order valence-electron chi connectivity index (χ2n) is 7.26. The molecular weight excluding hydrogens is 296 g/mol. The summed E-state index contributed by atoms with van der Waals surface area (Å²) in [7, 11) is 0. The zero-order valence-electron chi connectivity index (χ0n) is 15.9. The van der Waals surface area contributed by atoms with Crippen molar-refractivity contribution in [2.45, 2.75) is 116 Å². The minimum atomic E-state index is -0.366. The molecule has 0 aromatic carbocycles. The fourth-order valence-electron chi connectivity index (χ4n) is 3.31. The zero-order valence-corrected chi connectivity index (χ0v) is 15.9. The highest BCUT2D eigenvalue weighted by Crippen LogP contribution is 2.18. The van der Waals surface area contributed by atoms with E-state index in [1.807, 2.05) is 0 Å². The first-order valence-electron chi connectivity index (χ1n) is 10.5. The summed E-state index contributed by atoms with van der Waals surface area (Å²) in [4.78, 5) is 6.93. The van der Waals surface area contributed by atoms with Gasteiger partial charge in [0.2, 0.25) is 0 Å². The number of nitrogens with zero attached hydrogens (tertiary/aromatic N) is 1. The van der Waals surface area contributed by atoms with Gasteiger partial charge >= 0.3 is 0 Å². The SMILES string of the molecule is CCCCCCCCCCCCCCCCCC(O)c1cnc[nH]1. The number of aliphatic hydroxyl groups excluding tert-OH is 1. The van der Waals surface area contributed by atoms with Gasteiger partial charge in [0, 0.05) is 0 Å². The number of aromatic amines is 1. The lowest BCUT2D eigenvalue weighted by Crippen LogP contribution is -1.97. The minimum absolute atomic E-state index is 0.366. The van der Waals surface area contributed by atoms with Crippen LogP contribution in [0, 0.1) is 0 Å². The van der Waals surface area contributed by atoms with Crippen molar-refractivity contribution in [1.29, 1.82) is 0 Å². The Morgan fingerprint density at radius 1 is 0.792 bits per heavy atom. The van der Waals surface area contributed by atoms with Crippen LogP contribution in [0.1, 0.15) is 121 Å². The molecule has 1 unspecified atom stereocenters. The summed E-state index contributed by atoms with van der Waals surface area (Å²) in [6.45, 7) is 2.28. The van der Waals surface area contributed by atoms with E-state index in [0.29, 0.717) is 0 Å². The minimum Gasteiger partial charge on any atom is -0.387 e. The van der Waals surface area contributed by atoms with Crippen molar-refractivity contribution in [2.75, 3.05) is 0 Å². The van der Waals surface area contributed by atoms with Crippen LogP contribution in [0.5, 0.6) is 0 Å². The second-order valence-corrected chi connectivity index (χ2v) is 7.26. The van der Waals surface area contributed by atoms with Crippen molar-refractivity contribution in [3.8, 4) is 0 Å². The number of aliphatic hydroxyl groups is 1. The highest BCUT2D eigenvalue weighted by Gasteiger charge is 2.07. The zero-order chi connectivity index (χ0) is 17.3. The van der Waals surface area contributed by atoms with Crippen LogP contribution in [0.15, 0.2) is 12.5 Å². The van der Waals surface area contributed by atoms with E-state index in [1.54, 1.807) is 12.5 Å². The van der Waals surface area contributed by atoms with Gasteiger partial charge in [-0.15, -0.1) is 0 Å². The van der Waals surface area contributed by atoms with Gasteiger partial charge in [0.1, 0.15) is 0 Å². The lowest BCUT2D eigenvalue weighted by molar-refractivity contribution is 0.159. The standard InChI is InChI=1S/C21H40N2O/c1-2-3-4-5-6-7-8-9-10-11-12-13-14-15-16-17-21(24)20-18-22-19-23-20/h18-19,21,24H,2-17H2,1H3,(H,22,23). The Kier molecular flexibility index (Phi) is 13.9. The summed E-state index contributed by atoms with van der Waals surface area (Å²) in [5.41, 5.74) is 0.848. The highest BCUT2D eigenvalue weighted by molar-refractivity contribution is 4.98. The van der Waals surface area contributed by atoms with E-state index in [0.717, 1.165) is 18.5 Å². The van der Waals surface area contributed by atoms with Gasteiger partial charge in [-0.25, -0.2) is 4.98 Å². The maximum absolute atomic E-state index is 9.94. The summed E-state index contributed by atoms with van der Waals surface area (Å²) in [5.74, 6) is 0. The summed E-state index contributed by atoms with van der Waals surface area (Å²) in [6, 6.07) is 0. The second kappa shape index (κ2) is 15.7. The predicted molar refractivity (Wildman–Crippen MR) is 103 cm³/mol. The van der Waals surface area contributed by atoms with Crippen molar-refractivity contribution in [3.05, 3.63) is 18.2 Å². The van der Waals surface area contributed by atoms with Gasteiger partial charge in [-0.05, 0) is 6.42 Å². The first kappa shape index (κ1) is 21.2. The first-order valence-corrected chi connectivity index (χ1v) is 10.5. The molecule has 0 radical (unpaired) electrons. The van der Waals surface area contributed by atoms with Gasteiger partial charge < -0.3 is 10.1 Å². The molecule has 0 aliphatic carbocycles. The molecule has 0 aliphatic rings. The molecule has 0 bridgehead atoms. The monoisotopic (exact) mass is 336 g/mol.